The van der Waals surface area contributed by atoms with Gasteiger partial charge in [-0.15, -0.1) is 0 Å². The summed E-state index contributed by atoms with van der Waals surface area (Å²) in [5, 5.41) is 23.0. The second-order valence-corrected chi connectivity index (χ2v) is 6.10. The number of para-hydroxylation sites is 1. The van der Waals surface area contributed by atoms with E-state index in [0.29, 0.717) is 5.46 Å². The van der Waals surface area contributed by atoms with Crippen LogP contribution in [0.2, 0.25) is 0 Å². The zero-order valence-corrected chi connectivity index (χ0v) is 13.6. The summed E-state index contributed by atoms with van der Waals surface area (Å²) in [6, 6.07) is 16.9. The summed E-state index contributed by atoms with van der Waals surface area (Å²) in [6.07, 6.45) is 3.44. The molecule has 6 nitrogen and oxygen atoms in total. The molecule has 2 aromatic heterocycles. The maximum atomic E-state index is 9.33. The number of aromatic nitrogens is 3. The Hall–Kier alpha value is -3.29. The number of aliphatic imine (C=N–C) groups is 1. The molecule has 2 aromatic carbocycles. The van der Waals surface area contributed by atoms with Crippen molar-refractivity contribution in [1.29, 1.82) is 0 Å². The van der Waals surface area contributed by atoms with Crippen LogP contribution in [0.25, 0.3) is 16.8 Å². The van der Waals surface area contributed by atoms with E-state index in [2.05, 4.69) is 10.1 Å². The van der Waals surface area contributed by atoms with E-state index in [1.54, 1.807) is 23.0 Å². The minimum absolute atomic E-state index is 0.439. The first-order valence-corrected chi connectivity index (χ1v) is 8.19. The fraction of sp³-hybridized carbons (Fsp3) is 0. The zero-order valence-electron chi connectivity index (χ0n) is 13.6. The summed E-state index contributed by atoms with van der Waals surface area (Å²) in [6.45, 7) is 0. The Bertz CT molecular complexity index is 1170. The molecule has 0 bridgehead atoms. The zero-order chi connectivity index (χ0) is 17.7. The molecular weight excluding hydrogens is 327 g/mol. The van der Waals surface area contributed by atoms with Crippen LogP contribution in [0.3, 0.4) is 0 Å². The van der Waals surface area contributed by atoms with E-state index < -0.39 is 7.12 Å². The predicted molar refractivity (Wildman–Crippen MR) is 100.0 cm³/mol. The van der Waals surface area contributed by atoms with Gasteiger partial charge in [-0.05, 0) is 17.6 Å². The van der Waals surface area contributed by atoms with Crippen molar-refractivity contribution in [1.82, 2.24) is 14.6 Å². The van der Waals surface area contributed by atoms with E-state index in [-0.39, 0.29) is 0 Å². The largest absolute Gasteiger partial charge is 0.488 e. The summed E-state index contributed by atoms with van der Waals surface area (Å²) in [5.41, 5.74) is 6.60. The van der Waals surface area contributed by atoms with Gasteiger partial charge >= 0.3 is 7.12 Å². The number of rotatable bonds is 2. The first-order chi connectivity index (χ1) is 12.7. The van der Waals surface area contributed by atoms with Gasteiger partial charge in [0.15, 0.2) is 0 Å². The van der Waals surface area contributed by atoms with E-state index in [1.165, 1.54) is 0 Å². The summed E-state index contributed by atoms with van der Waals surface area (Å²) in [4.78, 5) is 9.41. The van der Waals surface area contributed by atoms with E-state index in [4.69, 9.17) is 4.99 Å². The van der Waals surface area contributed by atoms with Gasteiger partial charge < -0.3 is 10.0 Å². The van der Waals surface area contributed by atoms with E-state index in [1.807, 2.05) is 48.7 Å². The van der Waals surface area contributed by atoms with Gasteiger partial charge in [0.25, 0.3) is 0 Å². The minimum atomic E-state index is -1.49. The fourth-order valence-corrected chi connectivity index (χ4v) is 3.33. The van der Waals surface area contributed by atoms with Crippen LogP contribution < -0.4 is 5.46 Å². The van der Waals surface area contributed by atoms with Crippen molar-refractivity contribution in [3.05, 3.63) is 78.2 Å². The highest BCUT2D eigenvalue weighted by Gasteiger charge is 2.22. The number of hydrogen-bond donors (Lipinski definition) is 2. The SMILES string of the molecule is OB(O)c1ccc(C2=Nc3ccccc3-c3ncnn4ccc2c34)cc1. The van der Waals surface area contributed by atoms with E-state index in [9.17, 15) is 10.0 Å². The van der Waals surface area contributed by atoms with Gasteiger partial charge in [-0.1, -0.05) is 42.5 Å². The highest BCUT2D eigenvalue weighted by molar-refractivity contribution is 6.58. The molecule has 0 fully saturated rings. The standard InChI is InChI=1S/C19H13BN4O2/c25-20(26)13-7-5-12(6-8-13)17-15-9-10-24-19(15)18(21-11-22-24)14-3-1-2-4-16(14)23-17/h1-11,25-26H. The predicted octanol–water partition coefficient (Wildman–Crippen LogP) is 1.56. The van der Waals surface area contributed by atoms with E-state index in [0.717, 1.165) is 39.3 Å². The quantitative estimate of drug-likeness (QED) is 0.478. The Labute approximate surface area is 149 Å². The first-order valence-electron chi connectivity index (χ1n) is 8.19. The molecule has 1 aliphatic rings. The molecule has 2 N–H and O–H groups in total. The number of nitrogens with zero attached hydrogens (tertiary/aromatic N) is 4. The summed E-state index contributed by atoms with van der Waals surface area (Å²) in [7, 11) is -1.49. The van der Waals surface area contributed by atoms with Crippen molar-refractivity contribution in [3.63, 3.8) is 0 Å². The van der Waals surface area contributed by atoms with Crippen molar-refractivity contribution < 1.29 is 10.0 Å². The van der Waals surface area contributed by atoms with Crippen LogP contribution in [0.1, 0.15) is 11.1 Å². The Morgan fingerprint density at radius 3 is 2.50 bits per heavy atom. The van der Waals surface area contributed by atoms with Crippen LogP contribution in [0.4, 0.5) is 5.69 Å². The van der Waals surface area contributed by atoms with Crippen LogP contribution in [-0.2, 0) is 0 Å². The molecule has 26 heavy (non-hydrogen) atoms. The highest BCUT2D eigenvalue weighted by Crippen LogP contribution is 2.37. The van der Waals surface area contributed by atoms with Crippen LogP contribution in [0.15, 0.2) is 72.1 Å². The second kappa shape index (κ2) is 5.62. The molecule has 0 unspecified atom stereocenters. The molecule has 4 aromatic rings. The molecule has 0 aliphatic carbocycles. The Morgan fingerprint density at radius 1 is 0.885 bits per heavy atom. The molecule has 0 saturated carbocycles. The lowest BCUT2D eigenvalue weighted by Gasteiger charge is -2.07. The van der Waals surface area contributed by atoms with Crippen molar-refractivity contribution in [3.8, 4) is 11.3 Å². The third kappa shape index (κ3) is 2.18. The normalized spacial score (nSPS) is 12.5. The summed E-state index contributed by atoms with van der Waals surface area (Å²) >= 11 is 0. The number of benzene rings is 2. The van der Waals surface area contributed by atoms with Crippen LogP contribution in [-0.4, -0.2) is 37.5 Å². The average Bonchev–Trinajstić information content (AvgIpc) is 3.04. The molecule has 124 valence electrons. The molecular formula is C19H13BN4O2. The fourth-order valence-electron chi connectivity index (χ4n) is 3.33. The number of hydrogen-bond acceptors (Lipinski definition) is 5. The van der Waals surface area contributed by atoms with Gasteiger partial charge in [0.05, 0.1) is 11.4 Å². The smallest absolute Gasteiger partial charge is 0.423 e. The van der Waals surface area contributed by atoms with Gasteiger partial charge in [0.1, 0.15) is 17.5 Å². The van der Waals surface area contributed by atoms with Gasteiger partial charge in [-0.2, -0.15) is 5.10 Å². The van der Waals surface area contributed by atoms with Crippen molar-refractivity contribution in [2.24, 2.45) is 4.99 Å². The Morgan fingerprint density at radius 2 is 1.69 bits per heavy atom. The third-order valence-corrected chi connectivity index (χ3v) is 4.58. The average molecular weight is 340 g/mol. The maximum Gasteiger partial charge on any atom is 0.488 e. The molecule has 7 heteroatoms. The maximum absolute atomic E-state index is 9.33. The second-order valence-electron chi connectivity index (χ2n) is 6.10. The lowest BCUT2D eigenvalue weighted by molar-refractivity contribution is 0.426. The molecule has 0 spiro atoms. The summed E-state index contributed by atoms with van der Waals surface area (Å²) < 4.78 is 1.81. The summed E-state index contributed by atoms with van der Waals surface area (Å²) in [5.74, 6) is 0. The lowest BCUT2D eigenvalue weighted by Crippen LogP contribution is -2.29. The Balaban J connectivity index is 1.81. The molecule has 0 radical (unpaired) electrons. The van der Waals surface area contributed by atoms with Gasteiger partial charge in [0.2, 0.25) is 0 Å². The van der Waals surface area contributed by atoms with Gasteiger partial charge in [0, 0.05) is 22.9 Å². The van der Waals surface area contributed by atoms with Crippen molar-refractivity contribution in [2.75, 3.05) is 0 Å². The molecule has 0 atom stereocenters. The number of fused-ring (bicyclic) bond motifs is 2. The Kier molecular flexibility index (Phi) is 3.24. The van der Waals surface area contributed by atoms with Crippen LogP contribution in [0, 0.1) is 0 Å². The molecule has 0 saturated heterocycles. The molecule has 1 aliphatic heterocycles. The lowest BCUT2D eigenvalue weighted by atomic mass is 9.80. The monoisotopic (exact) mass is 340 g/mol. The van der Waals surface area contributed by atoms with Crippen LogP contribution >= 0.6 is 0 Å². The third-order valence-electron chi connectivity index (χ3n) is 4.58. The molecule has 5 rings (SSSR count). The van der Waals surface area contributed by atoms with Crippen molar-refractivity contribution in [2.45, 2.75) is 0 Å². The highest BCUT2D eigenvalue weighted by atomic mass is 16.4. The van der Waals surface area contributed by atoms with E-state index >= 15 is 0 Å². The topological polar surface area (TPSA) is 83.0 Å². The van der Waals surface area contributed by atoms with Gasteiger partial charge in [-0.3, -0.25) is 0 Å². The van der Waals surface area contributed by atoms with Gasteiger partial charge in [-0.25, -0.2) is 14.5 Å². The minimum Gasteiger partial charge on any atom is -0.423 e. The van der Waals surface area contributed by atoms with Crippen LogP contribution in [0.5, 0.6) is 0 Å². The van der Waals surface area contributed by atoms with Crippen molar-refractivity contribution >= 4 is 29.5 Å². The first kappa shape index (κ1) is 15.0. The molecule has 3 heterocycles. The molecule has 0 amide bonds.